The molecule has 60 heavy (non-hydrogen) atoms. The summed E-state index contributed by atoms with van der Waals surface area (Å²) in [6.45, 7) is 4.65. The SMILES string of the molecule is Cc1cc(-c2ccccc2)c2c(c1)=[C-]C1=C(C3=CC=CC3)C(C)(c3ccccc3)C(c3ccccc3)=C(c3ccccc3)C=21.[Cl-].[Cl-].[Zr+2]=[C](c1ccccc1)c1ccccc1. The molecule has 0 aromatic heterocycles. The molecule has 0 heterocycles. The molecule has 0 radical (unpaired) electrons. The summed E-state index contributed by atoms with van der Waals surface area (Å²) in [7, 11) is 0. The first kappa shape index (κ1) is 42.7. The third kappa shape index (κ3) is 8.08. The maximum atomic E-state index is 4.05. The van der Waals surface area contributed by atoms with Gasteiger partial charge in [0.2, 0.25) is 0 Å². The predicted molar refractivity (Wildman–Crippen MR) is 241 cm³/mol. The zero-order chi connectivity index (χ0) is 39.5. The molecule has 1 atom stereocenters. The zero-order valence-electron chi connectivity index (χ0n) is 33.7. The number of halogens is 2. The van der Waals surface area contributed by atoms with Crippen molar-refractivity contribution in [1.82, 2.24) is 0 Å². The van der Waals surface area contributed by atoms with Gasteiger partial charge in [-0.2, -0.15) is 0 Å². The first-order valence-electron chi connectivity index (χ1n) is 20.1. The van der Waals surface area contributed by atoms with Gasteiger partial charge in [-0.3, -0.25) is 0 Å². The molecule has 10 rings (SSSR count). The Morgan fingerprint density at radius 2 is 1.03 bits per heavy atom. The topological polar surface area (TPSA) is 0 Å². The van der Waals surface area contributed by atoms with E-state index in [1.807, 2.05) is 0 Å². The van der Waals surface area contributed by atoms with E-state index < -0.39 is 5.41 Å². The van der Waals surface area contributed by atoms with Crippen LogP contribution in [0.1, 0.15) is 46.7 Å². The van der Waals surface area contributed by atoms with E-state index in [1.54, 1.807) is 0 Å². The van der Waals surface area contributed by atoms with E-state index in [0.717, 1.165) is 6.42 Å². The predicted octanol–water partition coefficient (Wildman–Crippen LogP) is 6.06. The van der Waals surface area contributed by atoms with Crippen LogP contribution in [-0.4, -0.2) is 3.21 Å². The van der Waals surface area contributed by atoms with Gasteiger partial charge in [0, 0.05) is 5.41 Å². The Kier molecular flexibility index (Phi) is 13.4. The van der Waals surface area contributed by atoms with E-state index in [0.29, 0.717) is 0 Å². The molecule has 7 aromatic carbocycles. The second kappa shape index (κ2) is 18.9. The Labute approximate surface area is 381 Å². The second-order valence-electron chi connectivity index (χ2n) is 15.3. The van der Waals surface area contributed by atoms with Crippen LogP contribution in [0.25, 0.3) is 33.9 Å². The van der Waals surface area contributed by atoms with Gasteiger partial charge in [0.25, 0.3) is 0 Å². The van der Waals surface area contributed by atoms with Crippen LogP contribution in [0.5, 0.6) is 0 Å². The number of aryl methyl sites for hydroxylation is 1. The summed E-state index contributed by atoms with van der Waals surface area (Å²) in [5, 5.41) is 2.46. The fourth-order valence-electron chi connectivity index (χ4n) is 8.99. The zero-order valence-corrected chi connectivity index (χ0v) is 37.6. The van der Waals surface area contributed by atoms with Crippen LogP contribution in [-0.2, 0) is 29.7 Å². The van der Waals surface area contributed by atoms with Gasteiger partial charge in [-0.25, -0.2) is 0 Å². The van der Waals surface area contributed by atoms with Crippen LogP contribution in [0.3, 0.4) is 0 Å². The van der Waals surface area contributed by atoms with Crippen molar-refractivity contribution >= 4 is 26.0 Å². The standard InChI is InChI=1S/C44H33.C13H10.2ClH.Zr/c1-30-27-35-29-38-41(39(35)37(28-30)31-17-7-3-8-18-31)40(32-19-9-4-10-20-32)43(34-21-11-5-12-22-34)44(2,36-25-13-6-14-26-36)42(38)33-23-15-16-24-33;1-3-7-12(8-4-1)11-13-9-5-2-6-10-13;;;/h3-23,25-28H,24H2,1-2H3;1-10H;2*1H;/q-1;;;;+2/p-2. The molecule has 7 aromatic rings. The van der Waals surface area contributed by atoms with Crippen LogP contribution in [0.15, 0.2) is 229 Å². The Hall–Kier alpha value is -5.43. The molecular weight excluding hydrogens is 847 g/mol. The number of hydrogen-bond acceptors (Lipinski definition) is 0. The molecule has 0 amide bonds. The molecule has 0 fully saturated rings. The normalized spacial score (nSPS) is 16.0. The molecular formula is C57H43Cl2Zr-. The minimum absolute atomic E-state index is 0. The third-order valence-electron chi connectivity index (χ3n) is 11.6. The number of benzene rings is 7. The Morgan fingerprint density at radius 3 is 1.55 bits per heavy atom. The van der Waals surface area contributed by atoms with Crippen LogP contribution >= 0.6 is 0 Å². The van der Waals surface area contributed by atoms with Crippen LogP contribution < -0.4 is 35.3 Å². The molecule has 3 aliphatic rings. The van der Waals surface area contributed by atoms with E-state index >= 15 is 0 Å². The molecule has 0 nitrogen and oxygen atoms in total. The van der Waals surface area contributed by atoms with Gasteiger partial charge >= 0.3 is 99.2 Å². The molecule has 0 saturated carbocycles. The number of allylic oxidation sites excluding steroid dienone is 8. The molecule has 1 unspecified atom stereocenters. The summed E-state index contributed by atoms with van der Waals surface area (Å²) in [6, 6.07) is 69.8. The average Bonchev–Trinajstić information content (AvgIpc) is 3.96. The third-order valence-corrected chi connectivity index (χ3v) is 13.0. The molecule has 0 bridgehead atoms. The van der Waals surface area contributed by atoms with E-state index in [1.165, 1.54) is 116 Å². The fraction of sp³-hybridized carbons (Fsp3) is 0.0702. The molecule has 0 N–H and O–H groups in total. The fourth-order valence-corrected chi connectivity index (χ4v) is 9.81. The number of hydrogen-bond donors (Lipinski definition) is 0. The van der Waals surface area contributed by atoms with Crippen molar-refractivity contribution in [2.75, 3.05) is 0 Å². The Morgan fingerprint density at radius 1 is 0.550 bits per heavy atom. The van der Waals surface area contributed by atoms with Crippen molar-refractivity contribution in [3.8, 4) is 11.1 Å². The summed E-state index contributed by atoms with van der Waals surface area (Å²) in [4.78, 5) is 0. The molecule has 0 saturated heterocycles. The van der Waals surface area contributed by atoms with Crippen molar-refractivity contribution in [1.29, 1.82) is 0 Å². The quantitative estimate of drug-likeness (QED) is 0.171. The summed E-state index contributed by atoms with van der Waals surface area (Å²) in [6.07, 6.45) is 11.8. The van der Waals surface area contributed by atoms with Gasteiger partial charge in [-0.05, 0) is 46.7 Å². The maximum absolute atomic E-state index is 4.05. The van der Waals surface area contributed by atoms with Gasteiger partial charge in [-0.15, -0.1) is 28.2 Å². The average molecular weight is 890 g/mol. The summed E-state index contributed by atoms with van der Waals surface area (Å²) < 4.78 is 1.42. The van der Waals surface area contributed by atoms with E-state index in [4.69, 9.17) is 0 Å². The summed E-state index contributed by atoms with van der Waals surface area (Å²) in [5.74, 6) is 0. The van der Waals surface area contributed by atoms with E-state index in [9.17, 15) is 0 Å². The van der Waals surface area contributed by atoms with Crippen molar-refractivity contribution < 1.29 is 49.0 Å². The molecule has 0 spiro atoms. The Balaban J connectivity index is 0.000000290. The molecule has 3 aliphatic carbocycles. The number of rotatable bonds is 7. The first-order chi connectivity index (χ1) is 28.5. The van der Waals surface area contributed by atoms with Crippen molar-refractivity contribution in [3.63, 3.8) is 0 Å². The van der Waals surface area contributed by atoms with Gasteiger partial charge < -0.3 is 24.8 Å². The van der Waals surface area contributed by atoms with Crippen molar-refractivity contribution in [3.05, 3.63) is 273 Å². The minimum atomic E-state index is -0.429. The van der Waals surface area contributed by atoms with Crippen LogP contribution in [0.2, 0.25) is 0 Å². The van der Waals surface area contributed by atoms with Gasteiger partial charge in [0.1, 0.15) is 0 Å². The van der Waals surface area contributed by atoms with Gasteiger partial charge in [0.15, 0.2) is 0 Å². The van der Waals surface area contributed by atoms with Crippen molar-refractivity contribution in [2.45, 2.75) is 25.7 Å². The second-order valence-corrected chi connectivity index (χ2v) is 16.5. The van der Waals surface area contributed by atoms with Gasteiger partial charge in [0.05, 0.1) is 0 Å². The van der Waals surface area contributed by atoms with Gasteiger partial charge in [-0.1, -0.05) is 180 Å². The molecule has 3 heteroatoms. The van der Waals surface area contributed by atoms with E-state index in [2.05, 4.69) is 232 Å². The first-order valence-corrected chi connectivity index (χ1v) is 21.3. The molecule has 0 aliphatic heterocycles. The molecule has 290 valence electrons. The van der Waals surface area contributed by atoms with Crippen molar-refractivity contribution in [2.24, 2.45) is 0 Å². The summed E-state index contributed by atoms with van der Waals surface area (Å²) in [5.41, 5.74) is 17.6. The van der Waals surface area contributed by atoms with Crippen LogP contribution in [0.4, 0.5) is 0 Å². The van der Waals surface area contributed by atoms with Crippen LogP contribution in [0, 0.1) is 6.92 Å². The number of fused-ring (bicyclic) bond motifs is 2. The monoisotopic (exact) mass is 887 g/mol. The Bertz CT molecular complexity index is 2850. The summed E-state index contributed by atoms with van der Waals surface area (Å²) >= 11 is 1.46. The van der Waals surface area contributed by atoms with E-state index in [-0.39, 0.29) is 24.8 Å².